The van der Waals surface area contributed by atoms with E-state index >= 15 is 0 Å². The van der Waals surface area contributed by atoms with Crippen molar-refractivity contribution in [2.45, 2.75) is 76.3 Å². The van der Waals surface area contributed by atoms with E-state index in [1.165, 1.54) is 73.6 Å². The Morgan fingerprint density at radius 3 is 1.59 bits per heavy atom. The second kappa shape index (κ2) is 21.6. The van der Waals surface area contributed by atoms with E-state index in [-0.39, 0.29) is 54.1 Å². The zero-order valence-electron chi connectivity index (χ0n) is 50.7. The molecule has 1 aliphatic carbocycles. The fourth-order valence-electron chi connectivity index (χ4n) is 8.90. The summed E-state index contributed by atoms with van der Waals surface area (Å²) in [6.45, 7) is 0. The number of nitriles is 1. The van der Waals surface area contributed by atoms with Crippen LogP contribution >= 0.6 is 0 Å². The van der Waals surface area contributed by atoms with Crippen LogP contribution in [-0.2, 0) is 58.3 Å². The van der Waals surface area contributed by atoms with Crippen LogP contribution in [0.5, 0.6) is 0 Å². The average Bonchev–Trinajstić information content (AvgIpc) is 4.15. The molecule has 10 aromatic rings. The SMILES string of the molecule is [2H]c1cc2c(oc3c(-c4ccc(C([2H])([2H])C([2H])([2H])c5cc(C([2H])([2H])C([2H])([2H])c6ccc(-c7[c-]cccc7)nc6)cc(C([2H])([2H])C([2H])([2H])c6ccc(-c7[c-]cccc7)nc6)c5)cn4)[c-]ccc32)c(-c2ccc(C3CCCCC3)cc2)c1C#N.[Ir+3]. The molecular formula is C64H51IrN4O. The monoisotopic (exact) mass is 1100 g/mol. The molecule has 1 saturated carbocycles. The van der Waals surface area contributed by atoms with Gasteiger partial charge in [-0.2, -0.15) is 5.26 Å². The number of benzene rings is 6. The van der Waals surface area contributed by atoms with Gasteiger partial charge in [0.25, 0.3) is 0 Å². The summed E-state index contributed by atoms with van der Waals surface area (Å²) in [6.07, 6.45) is -8.97. The van der Waals surface area contributed by atoms with Crippen molar-refractivity contribution in [3.63, 3.8) is 0 Å². The fraction of sp³-hybridized carbons (Fsp3) is 0.188. The predicted octanol–water partition coefficient (Wildman–Crippen LogP) is 15.1. The third-order valence-corrected chi connectivity index (χ3v) is 12.4. The van der Waals surface area contributed by atoms with Crippen LogP contribution in [-0.4, -0.2) is 15.0 Å². The molecule has 0 saturated heterocycles. The minimum atomic E-state index is -3.17. The van der Waals surface area contributed by atoms with E-state index in [1.807, 2.05) is 12.1 Å². The molecule has 0 unspecified atom stereocenters. The van der Waals surface area contributed by atoms with Crippen molar-refractivity contribution in [3.8, 4) is 51.0 Å². The summed E-state index contributed by atoms with van der Waals surface area (Å²) in [7, 11) is 0. The average molecular weight is 1100 g/mol. The first-order chi connectivity index (χ1) is 39.1. The van der Waals surface area contributed by atoms with Crippen molar-refractivity contribution < 1.29 is 42.3 Å². The molecule has 0 aliphatic heterocycles. The normalized spacial score (nSPS) is 16.7. The molecule has 0 N–H and O–H groups in total. The minimum absolute atomic E-state index is 0. The summed E-state index contributed by atoms with van der Waals surface area (Å²) in [6, 6.07) is 50.1. The van der Waals surface area contributed by atoms with Gasteiger partial charge in [0.1, 0.15) is 5.58 Å². The first-order valence-electron chi connectivity index (χ1n) is 29.5. The van der Waals surface area contributed by atoms with Gasteiger partial charge in [-0.1, -0.05) is 115 Å². The molecule has 1 fully saturated rings. The van der Waals surface area contributed by atoms with Crippen LogP contribution in [0.15, 0.2) is 175 Å². The number of fused-ring (bicyclic) bond motifs is 3. The van der Waals surface area contributed by atoms with Gasteiger partial charge in [-0.05, 0) is 125 Å². The van der Waals surface area contributed by atoms with Gasteiger partial charge < -0.3 is 19.4 Å². The first kappa shape index (κ1) is 33.3. The van der Waals surface area contributed by atoms with Gasteiger partial charge in [0.15, 0.2) is 0 Å². The molecule has 6 aromatic carbocycles. The number of nitrogens with zero attached hydrogens (tertiary/aromatic N) is 4. The molecule has 70 heavy (non-hydrogen) atoms. The van der Waals surface area contributed by atoms with Gasteiger partial charge in [0, 0.05) is 46.0 Å². The quantitative estimate of drug-likeness (QED) is 0.101. The molecule has 0 spiro atoms. The van der Waals surface area contributed by atoms with Crippen molar-refractivity contribution in [1.82, 2.24) is 15.0 Å². The van der Waals surface area contributed by atoms with Gasteiger partial charge in [0.2, 0.25) is 0 Å². The molecule has 4 aromatic heterocycles. The van der Waals surface area contributed by atoms with Crippen molar-refractivity contribution in [2.75, 3.05) is 0 Å². The summed E-state index contributed by atoms with van der Waals surface area (Å²) in [5.41, 5.74) is 3.51. The molecule has 1 aliphatic rings. The maximum Gasteiger partial charge on any atom is 3.00 e. The van der Waals surface area contributed by atoms with Crippen molar-refractivity contribution in [3.05, 3.63) is 233 Å². The third-order valence-electron chi connectivity index (χ3n) is 12.4. The molecule has 0 radical (unpaired) electrons. The maximum atomic E-state index is 10.4. The summed E-state index contributed by atoms with van der Waals surface area (Å²) in [4.78, 5) is 13.4. The number of rotatable bonds is 14. The Balaban J connectivity index is 0.00000769. The van der Waals surface area contributed by atoms with E-state index in [0.29, 0.717) is 61.5 Å². The zero-order valence-corrected chi connectivity index (χ0v) is 40.1. The van der Waals surface area contributed by atoms with E-state index in [2.05, 4.69) is 51.4 Å². The van der Waals surface area contributed by atoms with Crippen LogP contribution < -0.4 is 0 Å². The number of aromatic nitrogens is 3. The Bertz CT molecular complexity index is 3910. The Morgan fingerprint density at radius 2 is 1.09 bits per heavy atom. The van der Waals surface area contributed by atoms with E-state index in [0.717, 1.165) is 42.8 Å². The van der Waals surface area contributed by atoms with Crippen molar-refractivity contribution >= 4 is 21.9 Å². The molecule has 11 rings (SSSR count). The Kier molecular flexibility index (Phi) is 10.2. The molecule has 0 amide bonds. The Labute approximate surface area is 443 Å². The van der Waals surface area contributed by atoms with Gasteiger partial charge in [-0.25, -0.2) is 0 Å². The second-order valence-electron chi connectivity index (χ2n) is 16.9. The number of hydrogen-bond donors (Lipinski definition) is 0. The van der Waals surface area contributed by atoms with Crippen LogP contribution in [0, 0.1) is 29.5 Å². The van der Waals surface area contributed by atoms with E-state index in [4.69, 9.17) is 5.79 Å². The molecule has 0 bridgehead atoms. The number of pyridine rings is 3. The molecule has 342 valence electrons. The van der Waals surface area contributed by atoms with E-state index in [1.54, 1.807) is 66.7 Å². The van der Waals surface area contributed by atoms with Crippen LogP contribution in [0.2, 0.25) is 0 Å². The zero-order chi connectivity index (χ0) is 58.0. The summed E-state index contributed by atoms with van der Waals surface area (Å²) in [5, 5.41) is 11.6. The van der Waals surface area contributed by atoms with Crippen molar-refractivity contribution in [1.29, 1.82) is 5.26 Å². The van der Waals surface area contributed by atoms with Crippen LogP contribution in [0.3, 0.4) is 0 Å². The van der Waals surface area contributed by atoms with Crippen LogP contribution in [0.25, 0.3) is 66.8 Å². The van der Waals surface area contributed by atoms with Gasteiger partial charge in [0.05, 0.1) is 18.6 Å². The van der Waals surface area contributed by atoms with Gasteiger partial charge >= 0.3 is 20.1 Å². The van der Waals surface area contributed by atoms with E-state index in [9.17, 15) is 21.7 Å². The standard InChI is InChI=1S/C64H51N4O.Ir/c65-40-55-32-33-57-56-17-10-18-58(63(56)69-64(57)62(55)54-30-28-51(29-31-54)50-11-4-1-5-12-50)61-36-27-46(43-68-61)21-24-49-38-47(22-19-44-25-34-59(66-41-44)52-13-6-2-7-14-52)37-48(39-49)23-20-45-26-35-60(67-42-45)53-15-8-3-9-16-53;/h2-3,6-10,13,15,17,25-39,41-43,50H,1,4-5,11-12,19-24H2;/q-3;+3/i19D2,20D2,21D2,22D2,23D2,24D2,32D;. The summed E-state index contributed by atoms with van der Waals surface area (Å²) < 4.78 is 129. The van der Waals surface area contributed by atoms with E-state index < -0.39 is 54.9 Å². The number of furan rings is 1. The van der Waals surface area contributed by atoms with Gasteiger partial charge in [-0.3, -0.25) is 0 Å². The van der Waals surface area contributed by atoms with Gasteiger partial charge in [-0.15, -0.1) is 90.0 Å². The summed E-state index contributed by atoms with van der Waals surface area (Å²) >= 11 is 0. The molecule has 6 heteroatoms. The molecule has 4 heterocycles. The predicted molar refractivity (Wildman–Crippen MR) is 277 cm³/mol. The maximum absolute atomic E-state index is 10.4. The fourth-order valence-corrected chi connectivity index (χ4v) is 8.90. The number of hydrogen-bond acceptors (Lipinski definition) is 5. The topological polar surface area (TPSA) is 75.6 Å². The second-order valence-corrected chi connectivity index (χ2v) is 16.9. The van der Waals surface area contributed by atoms with Crippen LogP contribution in [0.1, 0.15) is 100 Å². The third kappa shape index (κ3) is 10.3. The Hall–Kier alpha value is -7.29. The first-order valence-corrected chi connectivity index (χ1v) is 23.0. The van der Waals surface area contributed by atoms with Crippen LogP contribution in [0.4, 0.5) is 0 Å². The molecule has 5 nitrogen and oxygen atoms in total. The Morgan fingerprint density at radius 1 is 0.557 bits per heavy atom. The largest absolute Gasteiger partial charge is 3.00 e. The smallest absolute Gasteiger partial charge is 0.500 e. The summed E-state index contributed by atoms with van der Waals surface area (Å²) in [5.74, 6) is 0.465. The van der Waals surface area contributed by atoms with Crippen molar-refractivity contribution in [2.24, 2.45) is 0 Å². The number of aryl methyl sites for hydroxylation is 6. The molecule has 0 atom stereocenters. The molecular weight excluding hydrogens is 1030 g/mol. The minimum Gasteiger partial charge on any atom is -0.500 e.